The third-order valence-electron chi connectivity index (χ3n) is 3.66. The predicted molar refractivity (Wildman–Crippen MR) is 73.1 cm³/mol. The SMILES string of the molecule is CCCCN(CC)C(=O)c1nn(C)c2c1COCC2. The minimum Gasteiger partial charge on any atom is -0.376 e. The lowest BCUT2D eigenvalue weighted by atomic mass is 10.1. The first-order chi connectivity index (χ1) is 9.19. The van der Waals surface area contributed by atoms with Crippen molar-refractivity contribution < 1.29 is 9.53 Å². The maximum atomic E-state index is 12.6. The average Bonchev–Trinajstić information content (AvgIpc) is 2.77. The smallest absolute Gasteiger partial charge is 0.274 e. The van der Waals surface area contributed by atoms with Crippen LogP contribution in [0, 0.1) is 0 Å². The number of hydrogen-bond donors (Lipinski definition) is 0. The van der Waals surface area contributed by atoms with Crippen LogP contribution in [-0.4, -0.2) is 40.3 Å². The zero-order valence-electron chi connectivity index (χ0n) is 12.1. The molecule has 0 atom stereocenters. The summed E-state index contributed by atoms with van der Waals surface area (Å²) in [5.41, 5.74) is 2.70. The first-order valence-electron chi connectivity index (χ1n) is 7.10. The van der Waals surface area contributed by atoms with E-state index in [2.05, 4.69) is 12.0 Å². The molecule has 19 heavy (non-hydrogen) atoms. The van der Waals surface area contributed by atoms with Gasteiger partial charge in [0.2, 0.25) is 0 Å². The number of hydrogen-bond acceptors (Lipinski definition) is 3. The number of rotatable bonds is 5. The number of fused-ring (bicyclic) bond motifs is 1. The van der Waals surface area contributed by atoms with Gasteiger partial charge in [0.05, 0.1) is 13.2 Å². The maximum Gasteiger partial charge on any atom is 0.274 e. The Labute approximate surface area is 114 Å². The van der Waals surface area contributed by atoms with Crippen LogP contribution in [-0.2, 0) is 24.8 Å². The Morgan fingerprint density at radius 2 is 2.26 bits per heavy atom. The Bertz CT molecular complexity index is 454. The fraction of sp³-hybridized carbons (Fsp3) is 0.714. The first-order valence-corrected chi connectivity index (χ1v) is 7.10. The summed E-state index contributed by atoms with van der Waals surface area (Å²) >= 11 is 0. The number of nitrogens with zero attached hydrogens (tertiary/aromatic N) is 3. The Morgan fingerprint density at radius 1 is 1.47 bits per heavy atom. The molecule has 0 bridgehead atoms. The van der Waals surface area contributed by atoms with Gasteiger partial charge in [0, 0.05) is 37.8 Å². The number of carbonyl (C=O) groups is 1. The second kappa shape index (κ2) is 6.19. The van der Waals surface area contributed by atoms with Gasteiger partial charge in [-0.3, -0.25) is 9.48 Å². The number of carbonyl (C=O) groups excluding carboxylic acids is 1. The van der Waals surface area contributed by atoms with Crippen molar-refractivity contribution in [2.45, 2.75) is 39.7 Å². The minimum absolute atomic E-state index is 0.0401. The van der Waals surface area contributed by atoms with Gasteiger partial charge in [-0.15, -0.1) is 0 Å². The Morgan fingerprint density at radius 3 is 2.95 bits per heavy atom. The van der Waals surface area contributed by atoms with Crippen molar-refractivity contribution in [3.05, 3.63) is 17.0 Å². The van der Waals surface area contributed by atoms with Crippen molar-refractivity contribution in [2.24, 2.45) is 7.05 Å². The third kappa shape index (κ3) is 2.81. The second-order valence-corrected chi connectivity index (χ2v) is 4.94. The van der Waals surface area contributed by atoms with E-state index in [9.17, 15) is 4.79 Å². The molecule has 0 aromatic carbocycles. The highest BCUT2D eigenvalue weighted by Crippen LogP contribution is 2.21. The van der Waals surface area contributed by atoms with E-state index >= 15 is 0 Å². The summed E-state index contributed by atoms with van der Waals surface area (Å²) in [7, 11) is 1.91. The standard InChI is InChI=1S/C14H23N3O2/c1-4-6-8-17(5-2)14(18)13-11-10-19-9-7-12(11)16(3)15-13/h4-10H2,1-3H3. The molecule has 2 heterocycles. The molecule has 0 unspecified atom stereocenters. The summed E-state index contributed by atoms with van der Waals surface area (Å²) in [6.07, 6.45) is 2.96. The fourth-order valence-electron chi connectivity index (χ4n) is 2.48. The van der Waals surface area contributed by atoms with Crippen molar-refractivity contribution >= 4 is 5.91 Å². The molecule has 0 saturated heterocycles. The normalized spacial score (nSPS) is 14.3. The Hall–Kier alpha value is -1.36. The van der Waals surface area contributed by atoms with E-state index in [0.29, 0.717) is 18.9 Å². The van der Waals surface area contributed by atoms with E-state index in [1.165, 1.54) is 0 Å². The molecule has 1 aromatic heterocycles. The molecule has 0 spiro atoms. The molecule has 1 aliphatic heterocycles. The highest BCUT2D eigenvalue weighted by molar-refractivity contribution is 5.94. The van der Waals surface area contributed by atoms with Crippen molar-refractivity contribution in [1.29, 1.82) is 0 Å². The van der Waals surface area contributed by atoms with Crippen LogP contribution in [0.5, 0.6) is 0 Å². The van der Waals surface area contributed by atoms with Crippen molar-refractivity contribution in [3.63, 3.8) is 0 Å². The van der Waals surface area contributed by atoms with Gasteiger partial charge in [-0.2, -0.15) is 5.10 Å². The molecule has 0 radical (unpaired) electrons. The van der Waals surface area contributed by atoms with Gasteiger partial charge in [-0.05, 0) is 13.3 Å². The van der Waals surface area contributed by atoms with E-state index < -0.39 is 0 Å². The Balaban J connectivity index is 2.23. The second-order valence-electron chi connectivity index (χ2n) is 4.94. The molecule has 0 saturated carbocycles. The molecular weight excluding hydrogens is 242 g/mol. The Kier molecular flexibility index (Phi) is 4.58. The zero-order chi connectivity index (χ0) is 13.8. The highest BCUT2D eigenvalue weighted by Gasteiger charge is 2.26. The molecule has 0 fully saturated rings. The van der Waals surface area contributed by atoms with E-state index in [4.69, 9.17) is 4.74 Å². The van der Waals surface area contributed by atoms with Crippen molar-refractivity contribution in [1.82, 2.24) is 14.7 Å². The maximum absolute atomic E-state index is 12.6. The van der Waals surface area contributed by atoms with E-state index in [-0.39, 0.29) is 5.91 Å². The van der Waals surface area contributed by atoms with Crippen LogP contribution in [0.2, 0.25) is 0 Å². The van der Waals surface area contributed by atoms with Gasteiger partial charge in [-0.1, -0.05) is 13.3 Å². The lowest BCUT2D eigenvalue weighted by molar-refractivity contribution is 0.0742. The van der Waals surface area contributed by atoms with Gasteiger partial charge in [0.15, 0.2) is 5.69 Å². The van der Waals surface area contributed by atoms with Crippen molar-refractivity contribution in [2.75, 3.05) is 19.7 Å². The highest BCUT2D eigenvalue weighted by atomic mass is 16.5. The van der Waals surface area contributed by atoms with E-state index in [0.717, 1.165) is 43.6 Å². The molecule has 2 rings (SSSR count). The van der Waals surface area contributed by atoms with Gasteiger partial charge in [-0.25, -0.2) is 0 Å². The molecule has 1 amide bonds. The van der Waals surface area contributed by atoms with Crippen LogP contribution in [0.4, 0.5) is 0 Å². The summed E-state index contributed by atoms with van der Waals surface area (Å²) in [6.45, 7) is 6.90. The lowest BCUT2D eigenvalue weighted by Gasteiger charge is -2.20. The molecular formula is C14H23N3O2. The van der Waals surface area contributed by atoms with E-state index in [1.54, 1.807) is 0 Å². The number of unbranched alkanes of at least 4 members (excludes halogenated alkanes) is 1. The van der Waals surface area contributed by atoms with Crippen LogP contribution < -0.4 is 0 Å². The monoisotopic (exact) mass is 265 g/mol. The summed E-state index contributed by atoms with van der Waals surface area (Å²) in [5, 5.41) is 4.41. The van der Waals surface area contributed by atoms with Gasteiger partial charge < -0.3 is 9.64 Å². The topological polar surface area (TPSA) is 47.4 Å². The summed E-state index contributed by atoms with van der Waals surface area (Å²) in [6, 6.07) is 0. The van der Waals surface area contributed by atoms with Crippen LogP contribution in [0.15, 0.2) is 0 Å². The zero-order valence-corrected chi connectivity index (χ0v) is 12.1. The number of amides is 1. The predicted octanol–water partition coefficient (Wildman–Crippen LogP) is 1.75. The molecule has 1 aromatic rings. The first kappa shape index (κ1) is 14.1. The summed E-state index contributed by atoms with van der Waals surface area (Å²) < 4.78 is 7.30. The van der Waals surface area contributed by atoms with Crippen LogP contribution in [0.1, 0.15) is 48.4 Å². The number of ether oxygens (including phenoxy) is 1. The molecule has 0 N–H and O–H groups in total. The third-order valence-corrected chi connectivity index (χ3v) is 3.66. The van der Waals surface area contributed by atoms with Crippen molar-refractivity contribution in [3.8, 4) is 0 Å². The molecule has 1 aliphatic rings. The van der Waals surface area contributed by atoms with Crippen LogP contribution in [0.25, 0.3) is 0 Å². The quantitative estimate of drug-likeness (QED) is 0.815. The van der Waals surface area contributed by atoms with Gasteiger partial charge in [0.1, 0.15) is 0 Å². The van der Waals surface area contributed by atoms with Crippen LogP contribution in [0.3, 0.4) is 0 Å². The summed E-state index contributed by atoms with van der Waals surface area (Å²) in [5.74, 6) is 0.0401. The summed E-state index contributed by atoms with van der Waals surface area (Å²) in [4.78, 5) is 14.4. The number of aryl methyl sites for hydroxylation is 1. The van der Waals surface area contributed by atoms with Gasteiger partial charge >= 0.3 is 0 Å². The molecule has 5 heteroatoms. The van der Waals surface area contributed by atoms with Crippen LogP contribution >= 0.6 is 0 Å². The number of aromatic nitrogens is 2. The molecule has 5 nitrogen and oxygen atoms in total. The van der Waals surface area contributed by atoms with Gasteiger partial charge in [0.25, 0.3) is 5.91 Å². The van der Waals surface area contributed by atoms with E-state index in [1.807, 2.05) is 23.6 Å². The average molecular weight is 265 g/mol. The minimum atomic E-state index is 0.0401. The largest absolute Gasteiger partial charge is 0.376 e. The molecule has 106 valence electrons. The lowest BCUT2D eigenvalue weighted by Crippen LogP contribution is -2.33. The molecule has 0 aliphatic carbocycles. The fourth-order valence-corrected chi connectivity index (χ4v) is 2.48.